The van der Waals surface area contributed by atoms with E-state index >= 15 is 0 Å². The van der Waals surface area contributed by atoms with Gasteiger partial charge in [-0.05, 0) is 24.3 Å². The third kappa shape index (κ3) is 3.21. The van der Waals surface area contributed by atoms with Crippen molar-refractivity contribution < 1.29 is 18.3 Å². The monoisotopic (exact) mass is 351 g/mol. The maximum Gasteiger partial charge on any atom is 0.345 e. The molecule has 5 nitrogen and oxygen atoms in total. The Balaban J connectivity index is 2.22. The number of carboxylic acids is 1. The zero-order chi connectivity index (χ0) is 14.9. The largest absolute Gasteiger partial charge is 0.477 e. The van der Waals surface area contributed by atoms with E-state index in [1.807, 2.05) is 0 Å². The highest BCUT2D eigenvalue weighted by Gasteiger charge is 2.24. The number of rotatable bonds is 5. The molecule has 0 aliphatic carbocycles. The summed E-state index contributed by atoms with van der Waals surface area (Å²) < 4.78 is 26.4. The first-order valence-corrected chi connectivity index (χ1v) is 8.79. The van der Waals surface area contributed by atoms with E-state index in [0.717, 1.165) is 16.2 Å². The standard InChI is InChI=1S/C11H10ClNO4S3/c1-13(6-7-2-4-9(12)18-7)20(16,17)10-5-3-8(19-10)11(14)15/h2-5H,6H2,1H3,(H,14,15). The van der Waals surface area contributed by atoms with E-state index in [1.165, 1.54) is 34.8 Å². The molecule has 9 heteroatoms. The van der Waals surface area contributed by atoms with Crippen molar-refractivity contribution in [3.63, 3.8) is 0 Å². The second-order valence-corrected chi connectivity index (χ2v) is 9.05. The van der Waals surface area contributed by atoms with E-state index in [2.05, 4.69) is 0 Å². The van der Waals surface area contributed by atoms with Crippen molar-refractivity contribution in [2.24, 2.45) is 0 Å². The fourth-order valence-electron chi connectivity index (χ4n) is 1.47. The Morgan fingerprint density at radius 2 is 2.00 bits per heavy atom. The van der Waals surface area contributed by atoms with Gasteiger partial charge >= 0.3 is 5.97 Å². The summed E-state index contributed by atoms with van der Waals surface area (Å²) in [5, 5.41) is 8.83. The topological polar surface area (TPSA) is 74.7 Å². The van der Waals surface area contributed by atoms with Crippen LogP contribution in [0.1, 0.15) is 14.5 Å². The summed E-state index contributed by atoms with van der Waals surface area (Å²) in [7, 11) is -2.24. The second-order valence-electron chi connectivity index (χ2n) is 3.89. The molecule has 0 unspecified atom stereocenters. The number of nitrogens with zero attached hydrogens (tertiary/aromatic N) is 1. The molecule has 2 aromatic rings. The van der Waals surface area contributed by atoms with E-state index in [0.29, 0.717) is 4.34 Å². The van der Waals surface area contributed by atoms with Crippen LogP contribution in [-0.4, -0.2) is 30.8 Å². The highest BCUT2D eigenvalue weighted by Crippen LogP contribution is 2.27. The summed E-state index contributed by atoms with van der Waals surface area (Å²) in [4.78, 5) is 11.6. The predicted octanol–water partition coefficient (Wildman–Crippen LogP) is 2.98. The predicted molar refractivity (Wildman–Crippen MR) is 79.3 cm³/mol. The Hall–Kier alpha value is -0.930. The molecule has 2 heterocycles. The summed E-state index contributed by atoms with van der Waals surface area (Å²) in [5.74, 6) is -1.14. The lowest BCUT2D eigenvalue weighted by Crippen LogP contribution is -2.25. The Morgan fingerprint density at radius 1 is 1.30 bits per heavy atom. The molecule has 0 fully saturated rings. The smallest absolute Gasteiger partial charge is 0.345 e. The van der Waals surface area contributed by atoms with Crippen LogP contribution in [-0.2, 0) is 16.6 Å². The van der Waals surface area contributed by atoms with Crippen molar-refractivity contribution in [3.05, 3.63) is 38.4 Å². The zero-order valence-electron chi connectivity index (χ0n) is 10.2. The molecule has 0 radical (unpaired) electrons. The van der Waals surface area contributed by atoms with Gasteiger partial charge < -0.3 is 5.11 Å². The maximum absolute atomic E-state index is 12.3. The van der Waals surface area contributed by atoms with E-state index in [-0.39, 0.29) is 15.6 Å². The number of hydrogen-bond donors (Lipinski definition) is 1. The van der Waals surface area contributed by atoms with Gasteiger partial charge in [-0.15, -0.1) is 22.7 Å². The molecule has 0 aromatic carbocycles. The van der Waals surface area contributed by atoms with Gasteiger partial charge in [-0.1, -0.05) is 11.6 Å². The number of carboxylic acid groups (broad SMARTS) is 1. The minimum Gasteiger partial charge on any atom is -0.477 e. The quantitative estimate of drug-likeness (QED) is 0.898. The first kappa shape index (κ1) is 15.5. The lowest BCUT2D eigenvalue weighted by molar-refractivity contribution is 0.0702. The molecule has 0 saturated carbocycles. The number of carbonyl (C=O) groups is 1. The molecule has 0 spiro atoms. The molecular formula is C11H10ClNO4S3. The molecule has 2 aromatic heterocycles. The third-order valence-electron chi connectivity index (χ3n) is 2.46. The van der Waals surface area contributed by atoms with Gasteiger partial charge in [-0.2, -0.15) is 4.31 Å². The maximum atomic E-state index is 12.3. The average Bonchev–Trinajstić information content (AvgIpc) is 2.98. The average molecular weight is 352 g/mol. The molecule has 20 heavy (non-hydrogen) atoms. The highest BCUT2D eigenvalue weighted by atomic mass is 35.5. The molecule has 0 aliphatic rings. The molecule has 2 rings (SSSR count). The number of sulfonamides is 1. The fraction of sp³-hybridized carbons (Fsp3) is 0.182. The van der Waals surface area contributed by atoms with Crippen LogP contribution < -0.4 is 0 Å². The van der Waals surface area contributed by atoms with Gasteiger partial charge in [0.25, 0.3) is 10.0 Å². The lowest BCUT2D eigenvalue weighted by Gasteiger charge is -2.14. The van der Waals surface area contributed by atoms with Crippen LogP contribution in [0.3, 0.4) is 0 Å². The van der Waals surface area contributed by atoms with Gasteiger partial charge in [0, 0.05) is 18.5 Å². The van der Waals surface area contributed by atoms with E-state index in [9.17, 15) is 13.2 Å². The van der Waals surface area contributed by atoms with Crippen molar-refractivity contribution in [2.45, 2.75) is 10.8 Å². The summed E-state index contributed by atoms with van der Waals surface area (Å²) >= 11 is 7.85. The summed E-state index contributed by atoms with van der Waals surface area (Å²) in [6, 6.07) is 6.06. The van der Waals surface area contributed by atoms with Gasteiger partial charge in [0.2, 0.25) is 0 Å². The molecule has 1 N–H and O–H groups in total. The van der Waals surface area contributed by atoms with E-state index < -0.39 is 16.0 Å². The van der Waals surface area contributed by atoms with Crippen LogP contribution in [0, 0.1) is 0 Å². The lowest BCUT2D eigenvalue weighted by atomic mass is 10.5. The normalized spacial score (nSPS) is 11.9. The molecule has 0 saturated heterocycles. The van der Waals surface area contributed by atoms with Gasteiger partial charge in [0.1, 0.15) is 9.09 Å². The zero-order valence-corrected chi connectivity index (χ0v) is 13.4. The van der Waals surface area contributed by atoms with Gasteiger partial charge in [0.05, 0.1) is 4.34 Å². The number of thiophene rings is 2. The molecular weight excluding hydrogens is 342 g/mol. The Kier molecular flexibility index (Phi) is 4.50. The first-order chi connectivity index (χ1) is 9.30. The number of halogens is 1. The fourth-order valence-corrected chi connectivity index (χ4v) is 5.20. The summed E-state index contributed by atoms with van der Waals surface area (Å²) in [6.45, 7) is 0.194. The van der Waals surface area contributed by atoms with Gasteiger partial charge in [-0.3, -0.25) is 0 Å². The van der Waals surface area contributed by atoms with Gasteiger partial charge in [0.15, 0.2) is 0 Å². The van der Waals surface area contributed by atoms with Crippen molar-refractivity contribution in [1.29, 1.82) is 0 Å². The van der Waals surface area contributed by atoms with Crippen LogP contribution in [0.5, 0.6) is 0 Å². The molecule has 108 valence electrons. The van der Waals surface area contributed by atoms with Crippen molar-refractivity contribution >= 4 is 50.3 Å². The van der Waals surface area contributed by atoms with Crippen LogP contribution in [0.25, 0.3) is 0 Å². The van der Waals surface area contributed by atoms with E-state index in [1.54, 1.807) is 12.1 Å². The van der Waals surface area contributed by atoms with E-state index in [4.69, 9.17) is 16.7 Å². The van der Waals surface area contributed by atoms with Crippen molar-refractivity contribution in [2.75, 3.05) is 7.05 Å². The van der Waals surface area contributed by atoms with Crippen molar-refractivity contribution in [1.82, 2.24) is 4.31 Å². The molecule has 0 amide bonds. The van der Waals surface area contributed by atoms with Crippen molar-refractivity contribution in [3.8, 4) is 0 Å². The summed E-state index contributed by atoms with van der Waals surface area (Å²) in [5.41, 5.74) is 0. The Bertz CT molecular complexity index is 734. The minimum absolute atomic E-state index is 0.00357. The first-order valence-electron chi connectivity index (χ1n) is 5.34. The molecule has 0 bridgehead atoms. The summed E-state index contributed by atoms with van der Waals surface area (Å²) in [6.07, 6.45) is 0. The minimum atomic E-state index is -3.69. The molecule has 0 atom stereocenters. The number of aromatic carboxylic acids is 1. The number of hydrogen-bond acceptors (Lipinski definition) is 5. The Morgan fingerprint density at radius 3 is 2.50 bits per heavy atom. The van der Waals surface area contributed by atoms with Gasteiger partial charge in [-0.25, -0.2) is 13.2 Å². The SMILES string of the molecule is CN(Cc1ccc(Cl)s1)S(=O)(=O)c1ccc(C(=O)O)s1. The van der Waals surface area contributed by atoms with Crippen LogP contribution in [0.4, 0.5) is 0 Å². The highest BCUT2D eigenvalue weighted by molar-refractivity contribution is 7.91. The molecule has 0 aliphatic heterocycles. The second kappa shape index (κ2) is 5.82. The van der Waals surface area contributed by atoms with Crippen LogP contribution >= 0.6 is 34.3 Å². The van der Waals surface area contributed by atoms with Crippen LogP contribution in [0.2, 0.25) is 4.34 Å². The third-order valence-corrected chi connectivity index (χ3v) is 7.02. The Labute approximate surface area is 129 Å². The van der Waals surface area contributed by atoms with Crippen LogP contribution in [0.15, 0.2) is 28.5 Å².